The quantitative estimate of drug-likeness (QED) is 0.634. The number of rotatable bonds is 3. The number of carbonyl (C=O) groups excluding carboxylic acids is 3. The number of nitrogens with zero attached hydrogens (tertiary/aromatic N) is 2. The van der Waals surface area contributed by atoms with Crippen molar-refractivity contribution >= 4 is 17.9 Å². The molecule has 20 heavy (non-hydrogen) atoms. The highest BCUT2D eigenvalue weighted by Crippen LogP contribution is 2.04. The van der Waals surface area contributed by atoms with Crippen molar-refractivity contribution in [2.45, 2.75) is 20.0 Å². The van der Waals surface area contributed by atoms with E-state index in [1.54, 1.807) is 6.92 Å². The first-order chi connectivity index (χ1) is 9.45. The first-order valence-corrected chi connectivity index (χ1v) is 6.62. The number of aliphatic hydroxyl groups excluding tert-OH is 1. The monoisotopic (exact) mass is 287 g/mol. The normalized spacial score (nSPS) is 16.6. The van der Waals surface area contributed by atoms with Gasteiger partial charge in [0.25, 0.3) is 0 Å². The minimum atomic E-state index is -0.740. The molecule has 8 nitrogen and oxygen atoms in total. The highest BCUT2D eigenvalue weighted by molar-refractivity contribution is 6.35. The zero-order valence-corrected chi connectivity index (χ0v) is 11.8. The van der Waals surface area contributed by atoms with Crippen molar-refractivity contribution < 1.29 is 24.2 Å². The predicted molar refractivity (Wildman–Crippen MR) is 69.9 cm³/mol. The summed E-state index contributed by atoms with van der Waals surface area (Å²) < 4.78 is 4.87. The van der Waals surface area contributed by atoms with Crippen LogP contribution in [0.5, 0.6) is 0 Å². The van der Waals surface area contributed by atoms with Crippen LogP contribution in [-0.4, -0.2) is 78.2 Å². The third-order valence-electron chi connectivity index (χ3n) is 2.85. The van der Waals surface area contributed by atoms with Crippen LogP contribution in [0.1, 0.15) is 13.8 Å². The van der Waals surface area contributed by atoms with Crippen molar-refractivity contribution in [3.63, 3.8) is 0 Å². The van der Waals surface area contributed by atoms with Gasteiger partial charge >= 0.3 is 17.9 Å². The van der Waals surface area contributed by atoms with Gasteiger partial charge in [-0.15, -0.1) is 0 Å². The average molecular weight is 287 g/mol. The molecule has 0 saturated carbocycles. The van der Waals surface area contributed by atoms with Crippen molar-refractivity contribution in [2.24, 2.45) is 0 Å². The molecular formula is C12H21N3O5. The summed E-state index contributed by atoms with van der Waals surface area (Å²) in [6.45, 7) is 4.85. The standard InChI is InChI=1S/C12H21N3O5/c1-3-20-12(19)15-6-4-14(5-7-15)11(18)10(17)13-8-9(2)16/h9,16H,3-8H2,1-2H3,(H,13,17). The molecule has 1 heterocycles. The lowest BCUT2D eigenvalue weighted by atomic mass is 10.3. The lowest BCUT2D eigenvalue weighted by Gasteiger charge is -2.33. The van der Waals surface area contributed by atoms with Crippen LogP contribution >= 0.6 is 0 Å². The van der Waals surface area contributed by atoms with Gasteiger partial charge in [0, 0.05) is 32.7 Å². The summed E-state index contributed by atoms with van der Waals surface area (Å²) in [7, 11) is 0. The molecule has 3 amide bonds. The molecule has 0 spiro atoms. The van der Waals surface area contributed by atoms with E-state index in [9.17, 15) is 14.4 Å². The van der Waals surface area contributed by atoms with Gasteiger partial charge in [-0.2, -0.15) is 0 Å². The van der Waals surface area contributed by atoms with E-state index in [1.807, 2.05) is 0 Å². The zero-order chi connectivity index (χ0) is 15.1. The molecular weight excluding hydrogens is 266 g/mol. The molecule has 0 aromatic carbocycles. The SMILES string of the molecule is CCOC(=O)N1CCN(C(=O)C(=O)NCC(C)O)CC1. The highest BCUT2D eigenvalue weighted by Gasteiger charge is 2.28. The lowest BCUT2D eigenvalue weighted by Crippen LogP contribution is -2.54. The van der Waals surface area contributed by atoms with Crippen molar-refractivity contribution in [2.75, 3.05) is 39.3 Å². The fourth-order valence-electron chi connectivity index (χ4n) is 1.77. The van der Waals surface area contributed by atoms with Crippen LogP contribution in [0.4, 0.5) is 4.79 Å². The van der Waals surface area contributed by atoms with Crippen LogP contribution in [0.15, 0.2) is 0 Å². The third-order valence-corrected chi connectivity index (χ3v) is 2.85. The second kappa shape index (κ2) is 7.68. The number of nitrogens with one attached hydrogen (secondary N) is 1. The maximum absolute atomic E-state index is 11.8. The summed E-state index contributed by atoms with van der Waals surface area (Å²) in [6, 6.07) is 0. The Bertz CT molecular complexity index is 364. The summed E-state index contributed by atoms with van der Waals surface area (Å²) in [5.41, 5.74) is 0. The topological polar surface area (TPSA) is 99.2 Å². The Balaban J connectivity index is 2.39. The molecule has 1 saturated heterocycles. The molecule has 1 atom stereocenters. The van der Waals surface area contributed by atoms with Gasteiger partial charge in [-0.1, -0.05) is 0 Å². The second-order valence-corrected chi connectivity index (χ2v) is 4.54. The largest absolute Gasteiger partial charge is 0.450 e. The van der Waals surface area contributed by atoms with E-state index in [4.69, 9.17) is 9.84 Å². The molecule has 1 aliphatic rings. The van der Waals surface area contributed by atoms with Crippen molar-refractivity contribution in [3.8, 4) is 0 Å². The van der Waals surface area contributed by atoms with E-state index < -0.39 is 24.0 Å². The fraction of sp³-hybridized carbons (Fsp3) is 0.750. The zero-order valence-electron chi connectivity index (χ0n) is 11.8. The molecule has 2 N–H and O–H groups in total. The van der Waals surface area contributed by atoms with E-state index in [0.717, 1.165) is 0 Å². The number of hydrogen-bond donors (Lipinski definition) is 2. The Labute approximate surface area is 117 Å². The van der Waals surface area contributed by atoms with E-state index in [2.05, 4.69) is 5.32 Å². The van der Waals surface area contributed by atoms with Gasteiger partial charge in [0.05, 0.1) is 12.7 Å². The van der Waals surface area contributed by atoms with Crippen LogP contribution in [0, 0.1) is 0 Å². The van der Waals surface area contributed by atoms with Gasteiger partial charge in [-0.25, -0.2) is 4.79 Å². The smallest absolute Gasteiger partial charge is 0.409 e. The molecule has 8 heteroatoms. The van der Waals surface area contributed by atoms with Crippen molar-refractivity contribution in [1.82, 2.24) is 15.1 Å². The van der Waals surface area contributed by atoms with Gasteiger partial charge in [0.2, 0.25) is 0 Å². The Morgan fingerprint density at radius 3 is 2.25 bits per heavy atom. The van der Waals surface area contributed by atoms with Gasteiger partial charge < -0.3 is 25.0 Å². The first kappa shape index (κ1) is 16.2. The second-order valence-electron chi connectivity index (χ2n) is 4.54. The molecule has 1 fully saturated rings. The number of amides is 3. The van der Waals surface area contributed by atoms with Gasteiger partial charge in [-0.3, -0.25) is 9.59 Å². The van der Waals surface area contributed by atoms with Crippen LogP contribution in [0.25, 0.3) is 0 Å². The van der Waals surface area contributed by atoms with E-state index in [1.165, 1.54) is 16.7 Å². The summed E-state index contributed by atoms with van der Waals surface area (Å²) in [6.07, 6.45) is -1.11. The van der Waals surface area contributed by atoms with Gasteiger partial charge in [0.15, 0.2) is 0 Å². The summed E-state index contributed by atoms with van der Waals surface area (Å²) >= 11 is 0. The number of hydrogen-bond acceptors (Lipinski definition) is 5. The number of ether oxygens (including phenoxy) is 1. The minimum absolute atomic E-state index is 0.0351. The van der Waals surface area contributed by atoms with Crippen molar-refractivity contribution in [3.05, 3.63) is 0 Å². The van der Waals surface area contributed by atoms with Gasteiger partial charge in [-0.05, 0) is 13.8 Å². The Kier molecular flexibility index (Phi) is 6.23. The molecule has 0 aromatic heterocycles. The lowest BCUT2D eigenvalue weighted by molar-refractivity contribution is -0.147. The Morgan fingerprint density at radius 1 is 1.20 bits per heavy atom. The highest BCUT2D eigenvalue weighted by atomic mass is 16.6. The summed E-state index contributed by atoms with van der Waals surface area (Å²) in [5.74, 6) is -1.38. The molecule has 1 rings (SSSR count). The fourth-order valence-corrected chi connectivity index (χ4v) is 1.77. The molecule has 0 aromatic rings. The van der Waals surface area contributed by atoms with E-state index in [-0.39, 0.29) is 6.54 Å². The number of carbonyl (C=O) groups is 3. The van der Waals surface area contributed by atoms with Crippen LogP contribution in [0.2, 0.25) is 0 Å². The molecule has 1 unspecified atom stereocenters. The number of aliphatic hydroxyl groups is 1. The Hall–Kier alpha value is -1.83. The summed E-state index contributed by atoms with van der Waals surface area (Å²) in [5, 5.41) is 11.4. The van der Waals surface area contributed by atoms with E-state index in [0.29, 0.717) is 32.8 Å². The number of piperazine rings is 1. The maximum atomic E-state index is 11.8. The Morgan fingerprint density at radius 2 is 1.75 bits per heavy atom. The summed E-state index contributed by atoms with van der Waals surface area (Å²) in [4.78, 5) is 37.7. The van der Waals surface area contributed by atoms with Gasteiger partial charge in [0.1, 0.15) is 0 Å². The van der Waals surface area contributed by atoms with Crippen LogP contribution < -0.4 is 5.32 Å². The first-order valence-electron chi connectivity index (χ1n) is 6.62. The molecule has 114 valence electrons. The maximum Gasteiger partial charge on any atom is 0.409 e. The molecule has 1 aliphatic heterocycles. The molecule has 0 bridgehead atoms. The van der Waals surface area contributed by atoms with Crippen molar-refractivity contribution in [1.29, 1.82) is 0 Å². The molecule has 0 radical (unpaired) electrons. The minimum Gasteiger partial charge on any atom is -0.450 e. The third kappa shape index (κ3) is 4.69. The van der Waals surface area contributed by atoms with Crippen LogP contribution in [0.3, 0.4) is 0 Å². The van der Waals surface area contributed by atoms with E-state index >= 15 is 0 Å². The predicted octanol–water partition coefficient (Wildman–Crippen LogP) is -1.22. The average Bonchev–Trinajstić information content (AvgIpc) is 2.44. The molecule has 0 aliphatic carbocycles. The van der Waals surface area contributed by atoms with Crippen LogP contribution in [-0.2, 0) is 14.3 Å².